The summed E-state index contributed by atoms with van der Waals surface area (Å²) >= 11 is 0. The summed E-state index contributed by atoms with van der Waals surface area (Å²) in [5, 5.41) is 20.8. The third kappa shape index (κ3) is 1.20. The highest BCUT2D eigenvalue weighted by atomic mass is 16.4. The molecule has 4 nitrogen and oxygen atoms in total. The zero-order valence-corrected chi connectivity index (χ0v) is 7.12. The van der Waals surface area contributed by atoms with Crippen LogP contribution in [0, 0.1) is 17.3 Å². The lowest BCUT2D eigenvalue weighted by molar-refractivity contribution is -0.326. The predicted octanol–water partition coefficient (Wildman–Crippen LogP) is -1.71. The number of carboxylic acids is 2. The van der Waals surface area contributed by atoms with Gasteiger partial charge < -0.3 is 19.8 Å². The van der Waals surface area contributed by atoms with E-state index >= 15 is 0 Å². The van der Waals surface area contributed by atoms with E-state index in [0.717, 1.165) is 0 Å². The van der Waals surface area contributed by atoms with Gasteiger partial charge in [0.1, 0.15) is 0 Å². The van der Waals surface area contributed by atoms with Gasteiger partial charge in [0.2, 0.25) is 0 Å². The first-order valence-corrected chi connectivity index (χ1v) is 4.44. The van der Waals surface area contributed by atoms with Crippen molar-refractivity contribution in [3.63, 3.8) is 0 Å². The molecule has 4 heteroatoms. The zero-order valence-electron chi connectivity index (χ0n) is 7.12. The van der Waals surface area contributed by atoms with Crippen LogP contribution in [0.3, 0.4) is 0 Å². The minimum atomic E-state index is -0.998. The first-order chi connectivity index (χ1) is 6.02. The van der Waals surface area contributed by atoms with Crippen LogP contribution < -0.4 is 10.2 Å². The van der Waals surface area contributed by atoms with Crippen molar-refractivity contribution in [3.05, 3.63) is 0 Å². The van der Waals surface area contributed by atoms with Crippen molar-refractivity contribution in [3.8, 4) is 0 Å². The molecule has 0 aromatic rings. The molecular formula is C9H10O4-2. The Bertz CT molecular complexity index is 227. The summed E-state index contributed by atoms with van der Waals surface area (Å²) in [4.78, 5) is 20.8. The topological polar surface area (TPSA) is 80.3 Å². The molecule has 0 N–H and O–H groups in total. The summed E-state index contributed by atoms with van der Waals surface area (Å²) in [6.45, 7) is 0. The minimum absolute atomic E-state index is 0.00940. The Morgan fingerprint density at radius 3 is 1.46 bits per heavy atom. The molecule has 0 aromatic heterocycles. The highest BCUT2D eigenvalue weighted by Gasteiger charge is 2.53. The van der Waals surface area contributed by atoms with Gasteiger partial charge in [-0.15, -0.1) is 0 Å². The van der Waals surface area contributed by atoms with Crippen LogP contribution in [0.1, 0.15) is 25.7 Å². The van der Waals surface area contributed by atoms with Crippen LogP contribution in [0.5, 0.6) is 0 Å². The van der Waals surface area contributed by atoms with Crippen molar-refractivity contribution in [1.29, 1.82) is 0 Å². The van der Waals surface area contributed by atoms with Gasteiger partial charge in [0, 0.05) is 11.9 Å². The fraction of sp³-hybridized carbons (Fsp3) is 0.778. The Morgan fingerprint density at radius 1 is 0.923 bits per heavy atom. The molecule has 0 aromatic carbocycles. The van der Waals surface area contributed by atoms with E-state index in [1.165, 1.54) is 0 Å². The fourth-order valence-corrected chi connectivity index (χ4v) is 2.64. The number of rotatable bonds is 2. The molecule has 13 heavy (non-hydrogen) atoms. The second kappa shape index (κ2) is 2.47. The number of aliphatic carboxylic acids is 2. The van der Waals surface area contributed by atoms with Crippen molar-refractivity contribution in [2.24, 2.45) is 17.3 Å². The summed E-state index contributed by atoms with van der Waals surface area (Å²) in [5.74, 6) is -2.68. The van der Waals surface area contributed by atoms with Crippen molar-refractivity contribution < 1.29 is 19.8 Å². The summed E-state index contributed by atoms with van der Waals surface area (Å²) in [5.41, 5.74) is 0.00940. The fourth-order valence-electron chi connectivity index (χ4n) is 2.64. The average Bonchev–Trinajstić information content (AvgIpc) is 1.78. The smallest absolute Gasteiger partial charge is 0.0445 e. The van der Waals surface area contributed by atoms with E-state index in [0.29, 0.717) is 25.7 Å². The Morgan fingerprint density at radius 2 is 1.23 bits per heavy atom. The van der Waals surface area contributed by atoms with Gasteiger partial charge in [-0.2, -0.15) is 0 Å². The molecule has 0 aliphatic heterocycles. The Labute approximate surface area is 75.6 Å². The number of carboxylic acid groups (broad SMARTS) is 2. The molecule has 0 amide bonds. The largest absolute Gasteiger partial charge is 0.550 e. The summed E-state index contributed by atoms with van der Waals surface area (Å²) in [6.07, 6.45) is 2.39. The van der Waals surface area contributed by atoms with Crippen molar-refractivity contribution in [2.75, 3.05) is 0 Å². The highest BCUT2D eigenvalue weighted by Crippen LogP contribution is 2.60. The van der Waals surface area contributed by atoms with E-state index in [4.69, 9.17) is 0 Å². The van der Waals surface area contributed by atoms with Crippen LogP contribution in [-0.2, 0) is 9.59 Å². The number of carbonyl (C=O) groups excluding carboxylic acids is 2. The molecule has 2 fully saturated rings. The Hall–Kier alpha value is -1.06. The van der Waals surface area contributed by atoms with Crippen molar-refractivity contribution in [1.82, 2.24) is 0 Å². The molecule has 0 atom stereocenters. The highest BCUT2D eigenvalue weighted by molar-refractivity contribution is 5.72. The van der Waals surface area contributed by atoms with Gasteiger partial charge in [0.25, 0.3) is 0 Å². The molecule has 1 spiro atoms. The van der Waals surface area contributed by atoms with E-state index in [1.54, 1.807) is 0 Å². The van der Waals surface area contributed by atoms with Crippen LogP contribution in [0.2, 0.25) is 0 Å². The van der Waals surface area contributed by atoms with Gasteiger partial charge in [-0.3, -0.25) is 0 Å². The quantitative estimate of drug-likeness (QED) is 0.509. The molecule has 72 valence electrons. The van der Waals surface area contributed by atoms with Gasteiger partial charge in [-0.1, -0.05) is 0 Å². The number of hydrogen-bond donors (Lipinski definition) is 0. The van der Waals surface area contributed by atoms with Crippen LogP contribution in [-0.4, -0.2) is 11.9 Å². The maximum absolute atomic E-state index is 10.4. The van der Waals surface area contributed by atoms with E-state index in [2.05, 4.69) is 0 Å². The van der Waals surface area contributed by atoms with Gasteiger partial charge in [0.15, 0.2) is 0 Å². The normalized spacial score (nSPS) is 42.2. The molecule has 0 radical (unpaired) electrons. The van der Waals surface area contributed by atoms with E-state index in [-0.39, 0.29) is 17.3 Å². The second-order valence-electron chi connectivity index (χ2n) is 4.35. The third-order valence-corrected chi connectivity index (χ3v) is 3.38. The lowest BCUT2D eigenvalue weighted by Crippen LogP contribution is -2.55. The van der Waals surface area contributed by atoms with Crippen LogP contribution in [0.4, 0.5) is 0 Å². The molecule has 2 rings (SSSR count). The van der Waals surface area contributed by atoms with Crippen LogP contribution in [0.25, 0.3) is 0 Å². The molecule has 0 heterocycles. The van der Waals surface area contributed by atoms with E-state index in [9.17, 15) is 19.8 Å². The molecule has 0 bridgehead atoms. The van der Waals surface area contributed by atoms with Crippen molar-refractivity contribution >= 4 is 11.9 Å². The molecule has 0 unspecified atom stereocenters. The summed E-state index contributed by atoms with van der Waals surface area (Å²) in [6, 6.07) is 0. The minimum Gasteiger partial charge on any atom is -0.550 e. The van der Waals surface area contributed by atoms with Gasteiger partial charge in [0.05, 0.1) is 0 Å². The molecule has 2 saturated carbocycles. The maximum atomic E-state index is 10.4. The van der Waals surface area contributed by atoms with Crippen LogP contribution in [0.15, 0.2) is 0 Å². The van der Waals surface area contributed by atoms with Crippen LogP contribution >= 0.6 is 0 Å². The average molecular weight is 182 g/mol. The molecule has 2 aliphatic carbocycles. The first kappa shape index (κ1) is 8.53. The SMILES string of the molecule is O=C([O-])C1CC2(C1)CC(C(=O)[O-])C2. The van der Waals surface area contributed by atoms with E-state index < -0.39 is 11.9 Å². The summed E-state index contributed by atoms with van der Waals surface area (Å²) in [7, 11) is 0. The predicted molar refractivity (Wildman–Crippen MR) is 37.9 cm³/mol. The van der Waals surface area contributed by atoms with Gasteiger partial charge >= 0.3 is 0 Å². The standard InChI is InChI=1S/C9H12O4/c10-7(11)5-1-9(2-5)3-6(4-9)8(12)13/h5-6H,1-4H2,(H,10,11)(H,12,13)/p-2. The lowest BCUT2D eigenvalue weighted by Gasteiger charge is -2.58. The zero-order chi connectivity index (χ0) is 9.64. The molecular weight excluding hydrogens is 172 g/mol. The summed E-state index contributed by atoms with van der Waals surface area (Å²) < 4.78 is 0. The van der Waals surface area contributed by atoms with E-state index in [1.807, 2.05) is 0 Å². The molecule has 0 saturated heterocycles. The monoisotopic (exact) mass is 182 g/mol. The first-order valence-electron chi connectivity index (χ1n) is 4.44. The number of carbonyl (C=O) groups is 2. The third-order valence-electron chi connectivity index (χ3n) is 3.38. The Kier molecular flexibility index (Phi) is 1.62. The van der Waals surface area contributed by atoms with Gasteiger partial charge in [-0.05, 0) is 42.9 Å². The van der Waals surface area contributed by atoms with Gasteiger partial charge in [-0.25, -0.2) is 0 Å². The van der Waals surface area contributed by atoms with Crippen molar-refractivity contribution in [2.45, 2.75) is 25.7 Å². The lowest BCUT2D eigenvalue weighted by atomic mass is 9.48. The number of hydrogen-bond acceptors (Lipinski definition) is 4. The Balaban J connectivity index is 1.82. The maximum Gasteiger partial charge on any atom is 0.0445 e. The molecule has 2 aliphatic rings. The second-order valence-corrected chi connectivity index (χ2v) is 4.35.